The largest absolute Gasteiger partial charge is 0.383 e. The number of imide groups is 1. The fraction of sp³-hybridized carbons (Fsp3) is 0.450. The maximum absolute atomic E-state index is 12.8. The van der Waals surface area contributed by atoms with Gasteiger partial charge in [-0.25, -0.2) is 4.79 Å². The summed E-state index contributed by atoms with van der Waals surface area (Å²) in [5.41, 5.74) is 1.91. The van der Waals surface area contributed by atoms with Gasteiger partial charge in [-0.3, -0.25) is 14.5 Å². The number of urea groups is 1. The molecule has 1 aromatic carbocycles. The number of fused-ring (bicyclic) bond motifs is 1. The fourth-order valence-electron chi connectivity index (χ4n) is 3.38. The van der Waals surface area contributed by atoms with Gasteiger partial charge < -0.3 is 24.7 Å². The van der Waals surface area contributed by atoms with Gasteiger partial charge in [0.2, 0.25) is 5.91 Å². The third-order valence-corrected chi connectivity index (χ3v) is 4.98. The number of aromatic nitrogens is 1. The van der Waals surface area contributed by atoms with Crippen LogP contribution in [0.2, 0.25) is 0 Å². The van der Waals surface area contributed by atoms with Crippen LogP contribution in [-0.4, -0.2) is 85.7 Å². The van der Waals surface area contributed by atoms with Crippen LogP contribution >= 0.6 is 0 Å². The lowest BCUT2D eigenvalue weighted by molar-refractivity contribution is -0.138. The van der Waals surface area contributed by atoms with E-state index in [0.717, 1.165) is 21.4 Å². The van der Waals surface area contributed by atoms with E-state index in [9.17, 15) is 14.4 Å². The number of aromatic amines is 1. The maximum atomic E-state index is 12.8. The van der Waals surface area contributed by atoms with Crippen molar-refractivity contribution in [3.05, 3.63) is 36.0 Å². The fourth-order valence-corrected chi connectivity index (χ4v) is 3.38. The molecule has 9 nitrogen and oxygen atoms in total. The topological polar surface area (TPSA) is 104 Å². The molecular formula is C20H26N4O5. The number of para-hydroxylation sites is 1. The number of nitrogens with one attached hydrogen (secondary N) is 2. The minimum absolute atomic E-state index is 0.303. The number of hydrogen-bond donors (Lipinski definition) is 2. The number of benzene rings is 1. The molecule has 9 heteroatoms. The molecule has 1 saturated heterocycles. The van der Waals surface area contributed by atoms with Crippen molar-refractivity contribution in [3.8, 4) is 0 Å². The van der Waals surface area contributed by atoms with Gasteiger partial charge in [0, 0.05) is 50.8 Å². The summed E-state index contributed by atoms with van der Waals surface area (Å²) in [6, 6.07) is 6.53. The Bertz CT molecular complexity index is 873. The van der Waals surface area contributed by atoms with E-state index in [1.807, 2.05) is 30.5 Å². The molecule has 1 atom stereocenters. The summed E-state index contributed by atoms with van der Waals surface area (Å²) in [6.07, 6.45) is 2.20. The highest BCUT2D eigenvalue weighted by atomic mass is 16.5. The molecular weight excluding hydrogens is 376 g/mol. The zero-order valence-corrected chi connectivity index (χ0v) is 16.6. The molecule has 0 radical (unpaired) electrons. The summed E-state index contributed by atoms with van der Waals surface area (Å²) in [5.74, 6) is -0.720. The standard InChI is InChI=1S/C20H26N4O5/c1-28-9-7-23(8-10-29-2)18(25)13-24-19(26)17(22-20(24)27)11-14-12-21-16-6-4-3-5-15(14)16/h3-6,12,17,21H,7-11,13H2,1-2H3,(H,22,27)/t17-/m1/s1. The van der Waals surface area contributed by atoms with E-state index in [4.69, 9.17) is 9.47 Å². The monoisotopic (exact) mass is 402 g/mol. The number of methoxy groups -OCH3 is 2. The first-order valence-electron chi connectivity index (χ1n) is 9.47. The number of H-pyrrole nitrogens is 1. The van der Waals surface area contributed by atoms with Gasteiger partial charge in [-0.05, 0) is 11.6 Å². The van der Waals surface area contributed by atoms with E-state index in [1.54, 1.807) is 14.2 Å². The van der Waals surface area contributed by atoms with Gasteiger partial charge in [0.25, 0.3) is 5.91 Å². The molecule has 1 aliphatic heterocycles. The van der Waals surface area contributed by atoms with Crippen molar-refractivity contribution < 1.29 is 23.9 Å². The number of carbonyl (C=O) groups is 3. The molecule has 156 valence electrons. The van der Waals surface area contributed by atoms with E-state index in [-0.39, 0.29) is 12.5 Å². The summed E-state index contributed by atoms with van der Waals surface area (Å²) in [4.78, 5) is 43.4. The lowest BCUT2D eigenvalue weighted by Crippen LogP contribution is -2.45. The van der Waals surface area contributed by atoms with E-state index in [2.05, 4.69) is 10.3 Å². The number of hydrogen-bond acceptors (Lipinski definition) is 5. The van der Waals surface area contributed by atoms with Crippen LogP contribution in [0.15, 0.2) is 30.5 Å². The Labute approximate surface area is 168 Å². The van der Waals surface area contributed by atoms with Crippen LogP contribution in [0.4, 0.5) is 4.79 Å². The number of nitrogens with zero attached hydrogens (tertiary/aromatic N) is 2. The van der Waals surface area contributed by atoms with Crippen LogP contribution in [0.5, 0.6) is 0 Å². The Kier molecular flexibility index (Phi) is 6.84. The van der Waals surface area contributed by atoms with Crippen molar-refractivity contribution in [1.29, 1.82) is 0 Å². The lowest BCUT2D eigenvalue weighted by atomic mass is 10.1. The van der Waals surface area contributed by atoms with Gasteiger partial charge in [-0.2, -0.15) is 0 Å². The van der Waals surface area contributed by atoms with Gasteiger partial charge in [0.1, 0.15) is 12.6 Å². The molecule has 29 heavy (non-hydrogen) atoms. The highest BCUT2D eigenvalue weighted by molar-refractivity contribution is 6.06. The van der Waals surface area contributed by atoms with E-state index in [1.165, 1.54) is 4.90 Å². The zero-order valence-electron chi connectivity index (χ0n) is 16.6. The smallest absolute Gasteiger partial charge is 0.325 e. The van der Waals surface area contributed by atoms with Gasteiger partial charge in [0.15, 0.2) is 0 Å². The number of ether oxygens (including phenoxy) is 2. The molecule has 0 unspecified atom stereocenters. The second-order valence-corrected chi connectivity index (χ2v) is 6.86. The predicted molar refractivity (Wildman–Crippen MR) is 106 cm³/mol. The quantitative estimate of drug-likeness (QED) is 0.571. The van der Waals surface area contributed by atoms with Crippen LogP contribution in [0.25, 0.3) is 10.9 Å². The van der Waals surface area contributed by atoms with E-state index < -0.39 is 18.0 Å². The molecule has 3 rings (SSSR count). The summed E-state index contributed by atoms with van der Waals surface area (Å²) in [6.45, 7) is 1.14. The third kappa shape index (κ3) is 4.75. The third-order valence-electron chi connectivity index (χ3n) is 4.98. The first-order valence-corrected chi connectivity index (χ1v) is 9.47. The minimum atomic E-state index is -0.694. The van der Waals surface area contributed by atoms with Crippen LogP contribution in [0, 0.1) is 0 Å². The number of amides is 4. The average molecular weight is 402 g/mol. The SMILES string of the molecule is COCCN(CCOC)C(=O)CN1C(=O)N[C@H](Cc2c[nH]c3ccccc23)C1=O. The summed E-state index contributed by atoms with van der Waals surface area (Å²) < 4.78 is 10.1. The van der Waals surface area contributed by atoms with Crippen molar-refractivity contribution in [3.63, 3.8) is 0 Å². The molecule has 1 fully saturated rings. The van der Waals surface area contributed by atoms with Crippen molar-refractivity contribution in [2.45, 2.75) is 12.5 Å². The molecule has 1 aromatic heterocycles. The predicted octanol–water partition coefficient (Wildman–Crippen LogP) is 0.752. The van der Waals surface area contributed by atoms with Gasteiger partial charge in [-0.1, -0.05) is 18.2 Å². The maximum Gasteiger partial charge on any atom is 0.325 e. The Morgan fingerprint density at radius 3 is 2.52 bits per heavy atom. The van der Waals surface area contributed by atoms with Gasteiger partial charge in [0.05, 0.1) is 13.2 Å². The Hall–Kier alpha value is -2.91. The molecule has 0 aliphatic carbocycles. The summed E-state index contributed by atoms with van der Waals surface area (Å²) in [7, 11) is 3.09. The van der Waals surface area contributed by atoms with Crippen LogP contribution < -0.4 is 5.32 Å². The zero-order chi connectivity index (χ0) is 20.8. The normalized spacial score (nSPS) is 16.5. The van der Waals surface area contributed by atoms with Crippen molar-refractivity contribution >= 4 is 28.7 Å². The van der Waals surface area contributed by atoms with Crippen molar-refractivity contribution in [2.24, 2.45) is 0 Å². The van der Waals surface area contributed by atoms with Gasteiger partial charge in [-0.15, -0.1) is 0 Å². The van der Waals surface area contributed by atoms with Crippen LogP contribution in [0.3, 0.4) is 0 Å². The first kappa shape index (κ1) is 20.8. The van der Waals surface area contributed by atoms with E-state index in [0.29, 0.717) is 32.7 Å². The Morgan fingerprint density at radius 2 is 1.83 bits per heavy atom. The van der Waals surface area contributed by atoms with Crippen molar-refractivity contribution in [1.82, 2.24) is 20.1 Å². The first-order chi connectivity index (χ1) is 14.0. The summed E-state index contributed by atoms with van der Waals surface area (Å²) in [5, 5.41) is 3.70. The molecule has 2 N–H and O–H groups in total. The Morgan fingerprint density at radius 1 is 1.14 bits per heavy atom. The molecule has 0 spiro atoms. The second-order valence-electron chi connectivity index (χ2n) is 6.86. The van der Waals surface area contributed by atoms with Crippen LogP contribution in [0.1, 0.15) is 5.56 Å². The molecule has 0 saturated carbocycles. The highest BCUT2D eigenvalue weighted by Gasteiger charge is 2.39. The van der Waals surface area contributed by atoms with E-state index >= 15 is 0 Å². The molecule has 2 heterocycles. The molecule has 2 aromatic rings. The second kappa shape index (κ2) is 9.53. The Balaban J connectivity index is 1.65. The van der Waals surface area contributed by atoms with Crippen LogP contribution in [-0.2, 0) is 25.5 Å². The lowest BCUT2D eigenvalue weighted by Gasteiger charge is -2.24. The summed E-state index contributed by atoms with van der Waals surface area (Å²) >= 11 is 0. The minimum Gasteiger partial charge on any atom is -0.383 e. The van der Waals surface area contributed by atoms with Crippen molar-refractivity contribution in [2.75, 3.05) is 47.1 Å². The number of rotatable bonds is 10. The number of carbonyl (C=O) groups excluding carboxylic acids is 3. The van der Waals surface area contributed by atoms with Gasteiger partial charge >= 0.3 is 6.03 Å². The molecule has 0 bridgehead atoms. The highest BCUT2D eigenvalue weighted by Crippen LogP contribution is 2.21. The molecule has 4 amide bonds. The molecule has 1 aliphatic rings. The average Bonchev–Trinajstić information content (AvgIpc) is 3.24.